The van der Waals surface area contributed by atoms with Crippen LogP contribution in [0, 0.1) is 5.82 Å². The molecule has 5 heteroatoms. The van der Waals surface area contributed by atoms with Gasteiger partial charge >= 0.3 is 0 Å². The van der Waals surface area contributed by atoms with Gasteiger partial charge in [-0.15, -0.1) is 0 Å². The number of halogens is 1. The van der Waals surface area contributed by atoms with Crippen molar-refractivity contribution < 1.29 is 12.8 Å². The predicted molar refractivity (Wildman–Crippen MR) is 69.5 cm³/mol. The maximum Gasteiger partial charge on any atom is 0.151 e. The number of benzene rings is 1. The Balaban J connectivity index is 2.06. The highest BCUT2D eigenvalue weighted by atomic mass is 32.2. The zero-order valence-electron chi connectivity index (χ0n) is 10.5. The standard InChI is InChI=1S/C13H18FNO2S/c1-2-15(13-6-7-18(16,17)10-13)9-11-4-3-5-12(14)8-11/h3-5,8,13H,2,6-7,9-10H2,1H3. The molecule has 0 spiro atoms. The lowest BCUT2D eigenvalue weighted by molar-refractivity contribution is 0.214. The molecule has 0 amide bonds. The highest BCUT2D eigenvalue weighted by molar-refractivity contribution is 7.91. The molecule has 1 fully saturated rings. The second-order valence-corrected chi connectivity index (χ2v) is 6.98. The molecule has 0 aromatic heterocycles. The number of rotatable bonds is 4. The zero-order chi connectivity index (χ0) is 13.2. The van der Waals surface area contributed by atoms with Gasteiger partial charge < -0.3 is 0 Å². The molecule has 1 heterocycles. The van der Waals surface area contributed by atoms with Crippen LogP contribution >= 0.6 is 0 Å². The van der Waals surface area contributed by atoms with E-state index in [1.165, 1.54) is 12.1 Å². The molecule has 18 heavy (non-hydrogen) atoms. The van der Waals surface area contributed by atoms with Gasteiger partial charge in [0, 0.05) is 12.6 Å². The minimum Gasteiger partial charge on any atom is -0.295 e. The molecule has 0 saturated carbocycles. The maximum atomic E-state index is 13.1. The number of nitrogens with zero attached hydrogens (tertiary/aromatic N) is 1. The van der Waals surface area contributed by atoms with Crippen molar-refractivity contribution in [1.82, 2.24) is 4.90 Å². The highest BCUT2D eigenvalue weighted by Crippen LogP contribution is 2.19. The minimum absolute atomic E-state index is 0.0725. The Kier molecular flexibility index (Phi) is 4.02. The predicted octanol–water partition coefficient (Wildman–Crippen LogP) is 1.83. The third-order valence-corrected chi connectivity index (χ3v) is 5.16. The van der Waals surface area contributed by atoms with Crippen LogP contribution in [-0.4, -0.2) is 37.4 Å². The summed E-state index contributed by atoms with van der Waals surface area (Å²) in [6.45, 7) is 3.38. The first kappa shape index (κ1) is 13.5. The molecule has 0 aliphatic carbocycles. The van der Waals surface area contributed by atoms with E-state index in [0.29, 0.717) is 13.0 Å². The van der Waals surface area contributed by atoms with Gasteiger partial charge in [-0.25, -0.2) is 12.8 Å². The number of hydrogen-bond acceptors (Lipinski definition) is 3. The molecule has 1 aliphatic heterocycles. The average molecular weight is 271 g/mol. The SMILES string of the molecule is CCN(Cc1cccc(F)c1)C1CCS(=O)(=O)C1. The third kappa shape index (κ3) is 3.29. The Morgan fingerprint density at radius 2 is 2.22 bits per heavy atom. The molecule has 1 aromatic rings. The van der Waals surface area contributed by atoms with Crippen molar-refractivity contribution in [1.29, 1.82) is 0 Å². The normalized spacial score (nSPS) is 22.5. The summed E-state index contributed by atoms with van der Waals surface area (Å²) in [4.78, 5) is 2.11. The molecule has 0 N–H and O–H groups in total. The van der Waals surface area contributed by atoms with Crippen LogP contribution in [0.5, 0.6) is 0 Å². The second kappa shape index (κ2) is 5.36. The molecule has 100 valence electrons. The van der Waals surface area contributed by atoms with Gasteiger partial charge in [0.05, 0.1) is 11.5 Å². The summed E-state index contributed by atoms with van der Waals surface area (Å²) in [5.74, 6) is 0.260. The van der Waals surface area contributed by atoms with E-state index >= 15 is 0 Å². The topological polar surface area (TPSA) is 37.4 Å². The molecule has 1 saturated heterocycles. The van der Waals surface area contributed by atoms with Gasteiger partial charge in [-0.05, 0) is 30.7 Å². The summed E-state index contributed by atoms with van der Waals surface area (Å²) in [6, 6.07) is 6.55. The van der Waals surface area contributed by atoms with Gasteiger partial charge in [0.15, 0.2) is 9.84 Å². The van der Waals surface area contributed by atoms with Crippen LogP contribution in [-0.2, 0) is 16.4 Å². The van der Waals surface area contributed by atoms with E-state index in [9.17, 15) is 12.8 Å². The van der Waals surface area contributed by atoms with Crippen LogP contribution in [0.2, 0.25) is 0 Å². The molecule has 2 rings (SSSR count). The largest absolute Gasteiger partial charge is 0.295 e. The fourth-order valence-corrected chi connectivity index (χ4v) is 4.19. The first-order valence-corrected chi connectivity index (χ1v) is 8.01. The smallest absolute Gasteiger partial charge is 0.151 e. The summed E-state index contributed by atoms with van der Waals surface area (Å²) in [6.07, 6.45) is 0.686. The van der Waals surface area contributed by atoms with E-state index in [1.54, 1.807) is 6.07 Å². The Hall–Kier alpha value is -0.940. The summed E-state index contributed by atoms with van der Waals surface area (Å²) in [5.41, 5.74) is 0.890. The Morgan fingerprint density at radius 1 is 1.44 bits per heavy atom. The molecular weight excluding hydrogens is 253 g/mol. The quantitative estimate of drug-likeness (QED) is 0.838. The molecule has 3 nitrogen and oxygen atoms in total. The molecule has 1 atom stereocenters. The average Bonchev–Trinajstić information content (AvgIpc) is 2.66. The number of hydrogen-bond donors (Lipinski definition) is 0. The van der Waals surface area contributed by atoms with Crippen LogP contribution in [0.1, 0.15) is 18.9 Å². The van der Waals surface area contributed by atoms with Gasteiger partial charge in [-0.2, -0.15) is 0 Å². The van der Waals surface area contributed by atoms with Gasteiger partial charge in [-0.1, -0.05) is 19.1 Å². The molecular formula is C13H18FNO2S. The van der Waals surface area contributed by atoms with Crippen molar-refractivity contribution in [2.45, 2.75) is 25.9 Å². The molecule has 1 unspecified atom stereocenters. The lowest BCUT2D eigenvalue weighted by Gasteiger charge is -2.26. The number of sulfone groups is 1. The fourth-order valence-electron chi connectivity index (χ4n) is 2.43. The van der Waals surface area contributed by atoms with Crippen molar-refractivity contribution in [2.75, 3.05) is 18.1 Å². The Labute approximate surface area is 108 Å². The Morgan fingerprint density at radius 3 is 2.78 bits per heavy atom. The Bertz CT molecular complexity index is 515. The van der Waals surface area contributed by atoms with Crippen molar-refractivity contribution >= 4 is 9.84 Å². The van der Waals surface area contributed by atoms with E-state index in [1.807, 2.05) is 13.0 Å². The van der Waals surface area contributed by atoms with E-state index in [-0.39, 0.29) is 23.4 Å². The van der Waals surface area contributed by atoms with Gasteiger partial charge in [0.25, 0.3) is 0 Å². The lowest BCUT2D eigenvalue weighted by Crippen LogP contribution is -2.35. The van der Waals surface area contributed by atoms with Crippen LogP contribution in [0.4, 0.5) is 4.39 Å². The summed E-state index contributed by atoms with van der Waals surface area (Å²) in [7, 11) is -2.87. The third-order valence-electron chi connectivity index (χ3n) is 3.41. The van der Waals surface area contributed by atoms with Crippen molar-refractivity contribution in [3.63, 3.8) is 0 Å². The lowest BCUT2D eigenvalue weighted by atomic mass is 10.1. The van der Waals surface area contributed by atoms with Crippen molar-refractivity contribution in [3.8, 4) is 0 Å². The van der Waals surface area contributed by atoms with Crippen molar-refractivity contribution in [3.05, 3.63) is 35.6 Å². The highest BCUT2D eigenvalue weighted by Gasteiger charge is 2.31. The molecule has 1 aliphatic rings. The minimum atomic E-state index is -2.87. The maximum absolute atomic E-state index is 13.1. The molecule has 0 bridgehead atoms. The second-order valence-electron chi connectivity index (χ2n) is 4.75. The van der Waals surface area contributed by atoms with Crippen LogP contribution < -0.4 is 0 Å². The van der Waals surface area contributed by atoms with E-state index in [4.69, 9.17) is 0 Å². The summed E-state index contributed by atoms with van der Waals surface area (Å²) < 4.78 is 36.1. The van der Waals surface area contributed by atoms with Crippen LogP contribution in [0.15, 0.2) is 24.3 Å². The first-order valence-electron chi connectivity index (χ1n) is 6.19. The molecule has 1 aromatic carbocycles. The molecule has 0 radical (unpaired) electrons. The monoisotopic (exact) mass is 271 g/mol. The van der Waals surface area contributed by atoms with Crippen LogP contribution in [0.3, 0.4) is 0 Å². The van der Waals surface area contributed by atoms with Crippen LogP contribution in [0.25, 0.3) is 0 Å². The zero-order valence-corrected chi connectivity index (χ0v) is 11.3. The summed E-state index contributed by atoms with van der Waals surface area (Å²) >= 11 is 0. The van der Waals surface area contributed by atoms with Crippen molar-refractivity contribution in [2.24, 2.45) is 0 Å². The van der Waals surface area contributed by atoms with Gasteiger partial charge in [-0.3, -0.25) is 4.90 Å². The van der Waals surface area contributed by atoms with Gasteiger partial charge in [0.1, 0.15) is 5.82 Å². The van der Waals surface area contributed by atoms with E-state index in [2.05, 4.69) is 4.90 Å². The van der Waals surface area contributed by atoms with Gasteiger partial charge in [0.2, 0.25) is 0 Å². The first-order chi connectivity index (χ1) is 8.50. The van der Waals surface area contributed by atoms with E-state index in [0.717, 1.165) is 12.1 Å². The fraction of sp³-hybridized carbons (Fsp3) is 0.538. The van der Waals surface area contributed by atoms with E-state index < -0.39 is 9.84 Å². The summed E-state index contributed by atoms with van der Waals surface area (Å²) in [5, 5.41) is 0.